The molecule has 204 valence electrons. The smallest absolute Gasteiger partial charge is 0.245 e. The second-order valence-corrected chi connectivity index (χ2v) is 10.7. The molecule has 1 aliphatic heterocycles. The van der Waals surface area contributed by atoms with Crippen molar-refractivity contribution in [2.75, 3.05) is 25.0 Å². The minimum absolute atomic E-state index is 0.0291. The van der Waals surface area contributed by atoms with Crippen LogP contribution in [0.3, 0.4) is 0 Å². The first-order chi connectivity index (χ1) is 18.5. The number of nitrogens with zero attached hydrogens (tertiary/aromatic N) is 1. The maximum absolute atomic E-state index is 13.8. The first-order valence-corrected chi connectivity index (χ1v) is 14.2. The summed E-state index contributed by atoms with van der Waals surface area (Å²) < 4.78 is 0. The van der Waals surface area contributed by atoms with E-state index in [0.717, 1.165) is 43.6 Å². The molecule has 1 aliphatic carbocycles. The summed E-state index contributed by atoms with van der Waals surface area (Å²) in [6.45, 7) is 3.87. The predicted octanol–water partition coefficient (Wildman–Crippen LogP) is 4.08. The average Bonchev–Trinajstić information content (AvgIpc) is 2.94. The lowest BCUT2D eigenvalue weighted by Crippen LogP contribution is -2.59. The van der Waals surface area contributed by atoms with Gasteiger partial charge in [-0.25, -0.2) is 0 Å². The summed E-state index contributed by atoms with van der Waals surface area (Å²) in [5, 5.41) is 9.40. The largest absolute Gasteiger partial charge is 0.344 e. The Morgan fingerprint density at radius 3 is 2.39 bits per heavy atom. The molecule has 0 unspecified atom stereocenters. The average molecular weight is 519 g/mol. The van der Waals surface area contributed by atoms with Gasteiger partial charge < -0.3 is 20.9 Å². The molecule has 1 saturated carbocycles. The van der Waals surface area contributed by atoms with Gasteiger partial charge in [0.25, 0.3) is 0 Å². The van der Waals surface area contributed by atoms with Crippen molar-refractivity contribution in [3.63, 3.8) is 0 Å². The number of nitrogens with one attached hydrogen (secondary N) is 3. The standard InChI is InChI=1S/C31H42N4O3/c1-2-29(36)34-28(31(38)35-18-17-32-22-27(35)19-23-9-5-3-6-10-23)20-25-13-15-26(16-14-25)33-30(37)21-24-11-7-4-8-12-24/h3,5-6,9-10,13-16,24,27-28,32H,2,4,7-8,11-12,17-22H2,1H3,(H,33,37)(H,34,36)/t27-,28+/m0/s1. The molecule has 2 aromatic carbocycles. The second kappa shape index (κ2) is 14.1. The van der Waals surface area contributed by atoms with Gasteiger partial charge in [0.05, 0.1) is 0 Å². The Morgan fingerprint density at radius 1 is 0.947 bits per heavy atom. The molecule has 7 nitrogen and oxygen atoms in total. The number of carbonyl (C=O) groups excluding carboxylic acids is 3. The van der Waals surface area contributed by atoms with Gasteiger partial charge >= 0.3 is 0 Å². The zero-order chi connectivity index (χ0) is 26.7. The molecule has 0 aromatic heterocycles. The predicted molar refractivity (Wildman–Crippen MR) is 151 cm³/mol. The van der Waals surface area contributed by atoms with Gasteiger partial charge in [-0.3, -0.25) is 14.4 Å². The third kappa shape index (κ3) is 8.15. The Labute approximate surface area is 226 Å². The van der Waals surface area contributed by atoms with E-state index in [1.54, 1.807) is 6.92 Å². The second-order valence-electron chi connectivity index (χ2n) is 10.7. The fourth-order valence-electron chi connectivity index (χ4n) is 5.64. The molecule has 0 radical (unpaired) electrons. The van der Waals surface area contributed by atoms with Gasteiger partial charge in [0.1, 0.15) is 6.04 Å². The van der Waals surface area contributed by atoms with E-state index in [9.17, 15) is 14.4 Å². The summed E-state index contributed by atoms with van der Waals surface area (Å²) in [4.78, 5) is 40.6. The van der Waals surface area contributed by atoms with E-state index in [1.807, 2.05) is 47.4 Å². The molecule has 38 heavy (non-hydrogen) atoms. The number of amides is 3. The Kier molecular flexibility index (Phi) is 10.3. The van der Waals surface area contributed by atoms with Crippen LogP contribution in [-0.2, 0) is 27.2 Å². The molecule has 1 heterocycles. The highest BCUT2D eigenvalue weighted by molar-refractivity contribution is 5.91. The SMILES string of the molecule is CCC(=O)N[C@H](Cc1ccc(NC(=O)CC2CCCCC2)cc1)C(=O)N1CCNC[C@@H]1Cc1ccccc1. The number of piperazine rings is 1. The normalized spacial score (nSPS) is 19.0. The zero-order valence-electron chi connectivity index (χ0n) is 22.6. The molecule has 3 amide bonds. The molecule has 4 rings (SSSR count). The van der Waals surface area contributed by atoms with Gasteiger partial charge in [0.15, 0.2) is 0 Å². The number of anilines is 1. The van der Waals surface area contributed by atoms with E-state index in [2.05, 4.69) is 28.1 Å². The van der Waals surface area contributed by atoms with Crippen LogP contribution in [0, 0.1) is 5.92 Å². The summed E-state index contributed by atoms with van der Waals surface area (Å²) in [7, 11) is 0. The van der Waals surface area contributed by atoms with E-state index >= 15 is 0 Å². The van der Waals surface area contributed by atoms with Gasteiger partial charge in [-0.2, -0.15) is 0 Å². The molecule has 1 saturated heterocycles. The highest BCUT2D eigenvalue weighted by atomic mass is 16.2. The Balaban J connectivity index is 1.40. The molecule has 2 fully saturated rings. The molecular formula is C31H42N4O3. The Bertz CT molecular complexity index is 1050. The third-order valence-corrected chi connectivity index (χ3v) is 7.78. The first-order valence-electron chi connectivity index (χ1n) is 14.2. The first kappa shape index (κ1) is 27.8. The van der Waals surface area contributed by atoms with Gasteiger partial charge in [0, 0.05) is 50.6 Å². The van der Waals surface area contributed by atoms with Crippen LogP contribution in [0.1, 0.15) is 63.0 Å². The van der Waals surface area contributed by atoms with Gasteiger partial charge in [-0.15, -0.1) is 0 Å². The van der Waals surface area contributed by atoms with Crippen molar-refractivity contribution in [2.45, 2.75) is 76.8 Å². The van der Waals surface area contributed by atoms with Crippen molar-refractivity contribution in [1.82, 2.24) is 15.5 Å². The third-order valence-electron chi connectivity index (χ3n) is 7.78. The van der Waals surface area contributed by atoms with Crippen LogP contribution in [0.2, 0.25) is 0 Å². The van der Waals surface area contributed by atoms with Gasteiger partial charge in [-0.05, 0) is 48.4 Å². The molecule has 2 aliphatic rings. The maximum Gasteiger partial charge on any atom is 0.245 e. The van der Waals surface area contributed by atoms with E-state index in [0.29, 0.717) is 31.7 Å². The fraction of sp³-hybridized carbons (Fsp3) is 0.516. The van der Waals surface area contributed by atoms with Crippen molar-refractivity contribution in [2.24, 2.45) is 5.92 Å². The number of hydrogen-bond acceptors (Lipinski definition) is 4. The van der Waals surface area contributed by atoms with Crippen LogP contribution in [0.15, 0.2) is 54.6 Å². The number of hydrogen-bond donors (Lipinski definition) is 3. The van der Waals surface area contributed by atoms with E-state index < -0.39 is 6.04 Å². The fourth-order valence-corrected chi connectivity index (χ4v) is 5.64. The topological polar surface area (TPSA) is 90.5 Å². The Morgan fingerprint density at radius 2 is 1.68 bits per heavy atom. The van der Waals surface area contributed by atoms with E-state index in [1.165, 1.54) is 24.8 Å². The molecule has 0 spiro atoms. The molecule has 2 atom stereocenters. The quantitative estimate of drug-likeness (QED) is 0.442. The summed E-state index contributed by atoms with van der Waals surface area (Å²) in [6, 6.07) is 17.3. The zero-order valence-corrected chi connectivity index (χ0v) is 22.6. The number of rotatable bonds is 10. The lowest BCUT2D eigenvalue weighted by Gasteiger charge is -2.38. The highest BCUT2D eigenvalue weighted by Gasteiger charge is 2.32. The van der Waals surface area contributed by atoms with Crippen molar-refractivity contribution in [1.29, 1.82) is 0 Å². The van der Waals surface area contributed by atoms with Crippen molar-refractivity contribution < 1.29 is 14.4 Å². The van der Waals surface area contributed by atoms with Gasteiger partial charge in [-0.1, -0.05) is 68.7 Å². The molecule has 0 bridgehead atoms. The number of benzene rings is 2. The Hall–Kier alpha value is -3.19. The lowest BCUT2D eigenvalue weighted by molar-refractivity contribution is -0.139. The summed E-state index contributed by atoms with van der Waals surface area (Å²) in [5.41, 5.74) is 2.90. The minimum atomic E-state index is -0.634. The van der Waals surface area contributed by atoms with Crippen LogP contribution in [0.25, 0.3) is 0 Å². The van der Waals surface area contributed by atoms with E-state index in [4.69, 9.17) is 0 Å². The van der Waals surface area contributed by atoms with Crippen LogP contribution in [0.5, 0.6) is 0 Å². The molecule has 7 heteroatoms. The monoisotopic (exact) mass is 518 g/mol. The van der Waals surface area contributed by atoms with Crippen LogP contribution in [0.4, 0.5) is 5.69 Å². The van der Waals surface area contributed by atoms with Crippen molar-refractivity contribution in [3.05, 3.63) is 65.7 Å². The molecule has 2 aromatic rings. The van der Waals surface area contributed by atoms with Crippen LogP contribution >= 0.6 is 0 Å². The summed E-state index contributed by atoms with van der Waals surface area (Å²) in [5.74, 6) is 0.382. The van der Waals surface area contributed by atoms with Crippen molar-refractivity contribution >= 4 is 23.4 Å². The summed E-state index contributed by atoms with van der Waals surface area (Å²) >= 11 is 0. The highest BCUT2D eigenvalue weighted by Crippen LogP contribution is 2.26. The van der Waals surface area contributed by atoms with E-state index in [-0.39, 0.29) is 23.8 Å². The van der Waals surface area contributed by atoms with Crippen molar-refractivity contribution in [3.8, 4) is 0 Å². The number of carbonyl (C=O) groups is 3. The minimum Gasteiger partial charge on any atom is -0.344 e. The molecular weight excluding hydrogens is 476 g/mol. The van der Waals surface area contributed by atoms with Gasteiger partial charge in [0.2, 0.25) is 17.7 Å². The van der Waals surface area contributed by atoms with Crippen LogP contribution < -0.4 is 16.0 Å². The van der Waals surface area contributed by atoms with Crippen LogP contribution in [-0.4, -0.2) is 54.3 Å². The maximum atomic E-state index is 13.8. The lowest BCUT2D eigenvalue weighted by atomic mass is 9.87. The molecule has 3 N–H and O–H groups in total. The summed E-state index contributed by atoms with van der Waals surface area (Å²) in [6.07, 6.45) is 8.09.